The average Bonchev–Trinajstić information content (AvgIpc) is 2.48. The van der Waals surface area contributed by atoms with Crippen molar-refractivity contribution < 1.29 is 9.90 Å². The fourth-order valence-corrected chi connectivity index (χ4v) is 1.85. The Labute approximate surface area is 133 Å². The van der Waals surface area contributed by atoms with E-state index in [9.17, 15) is 9.90 Å². The summed E-state index contributed by atoms with van der Waals surface area (Å²) in [6.07, 6.45) is 5.50. The molecule has 0 saturated heterocycles. The van der Waals surface area contributed by atoms with Crippen molar-refractivity contribution in [3.63, 3.8) is 0 Å². The lowest BCUT2D eigenvalue weighted by Crippen LogP contribution is -2.28. The third kappa shape index (κ3) is 4.46. The minimum atomic E-state index is -0.422. The first kappa shape index (κ1) is 17.5. The number of rotatable bonds is 6. The Balaban J connectivity index is 2.85. The summed E-state index contributed by atoms with van der Waals surface area (Å²) in [7, 11) is 0. The van der Waals surface area contributed by atoms with Crippen LogP contribution in [0.5, 0.6) is 5.88 Å². The lowest BCUT2D eigenvalue weighted by Gasteiger charge is -2.10. The molecule has 1 amide bonds. The molecule has 1 heterocycles. The van der Waals surface area contributed by atoms with E-state index < -0.39 is 5.91 Å². The third-order valence-electron chi connectivity index (χ3n) is 2.83. The molecule has 0 bridgehead atoms. The molecule has 5 N–H and O–H groups in total. The molecule has 116 valence electrons. The summed E-state index contributed by atoms with van der Waals surface area (Å²) >= 11 is 5.70. The molecule has 1 aromatic rings. The Kier molecular flexibility index (Phi) is 6.34. The van der Waals surface area contributed by atoms with Crippen LogP contribution in [-0.2, 0) is 0 Å². The van der Waals surface area contributed by atoms with Crippen molar-refractivity contribution in [2.24, 2.45) is 5.73 Å². The topological polar surface area (TPSA) is 112 Å². The van der Waals surface area contributed by atoms with Gasteiger partial charge < -0.3 is 21.6 Å². The van der Waals surface area contributed by atoms with Crippen molar-refractivity contribution in [2.45, 2.75) is 6.92 Å². The van der Waals surface area contributed by atoms with Gasteiger partial charge in [-0.3, -0.25) is 4.79 Å². The number of halogens is 1. The molecule has 0 unspecified atom stereocenters. The molecule has 6 nitrogen and oxygen atoms in total. The minimum Gasteiger partial charge on any atom is -0.492 e. The van der Waals surface area contributed by atoms with Crippen molar-refractivity contribution in [1.82, 2.24) is 10.3 Å². The zero-order valence-corrected chi connectivity index (χ0v) is 12.8. The van der Waals surface area contributed by atoms with E-state index in [0.29, 0.717) is 11.3 Å². The van der Waals surface area contributed by atoms with Gasteiger partial charge in [-0.25, -0.2) is 4.98 Å². The molecule has 1 aromatic heterocycles. The molecule has 0 fully saturated rings. The Morgan fingerprint density at radius 1 is 1.64 bits per heavy atom. The van der Waals surface area contributed by atoms with E-state index in [4.69, 9.17) is 22.7 Å². The average molecular weight is 321 g/mol. The normalized spacial score (nSPS) is 12.4. The molecule has 0 atom stereocenters. The van der Waals surface area contributed by atoms with E-state index in [1.807, 2.05) is 0 Å². The van der Waals surface area contributed by atoms with Gasteiger partial charge in [-0.15, -0.1) is 0 Å². The van der Waals surface area contributed by atoms with Gasteiger partial charge in [-0.05, 0) is 30.2 Å². The number of hydrogen-bond acceptors (Lipinski definition) is 5. The Hall–Kier alpha value is -2.60. The van der Waals surface area contributed by atoms with Crippen LogP contribution in [0.15, 0.2) is 47.8 Å². The van der Waals surface area contributed by atoms with Crippen molar-refractivity contribution in [3.05, 3.63) is 58.4 Å². The van der Waals surface area contributed by atoms with Crippen LogP contribution in [0.1, 0.15) is 17.3 Å². The van der Waals surface area contributed by atoms with Crippen LogP contribution in [0.3, 0.4) is 0 Å². The lowest BCUT2D eigenvalue weighted by molar-refractivity contribution is 0.0956. The van der Waals surface area contributed by atoms with Gasteiger partial charge in [-0.1, -0.05) is 24.3 Å². The molecule has 22 heavy (non-hydrogen) atoms. The quantitative estimate of drug-likeness (QED) is 0.475. The standard InChI is InChI=1S/C15H17ClN4O2/c1-3-11(9(2)4-5-17)13(18)8-20-14(21)10-6-12(16)15(22)19-7-10/h3-7,17H,1,8,18H2,2H3,(H,19,22)(H,20,21)/b9-4-,13-11+,17-5?. The van der Waals surface area contributed by atoms with Gasteiger partial charge in [0.05, 0.1) is 12.1 Å². The van der Waals surface area contributed by atoms with Gasteiger partial charge >= 0.3 is 0 Å². The zero-order valence-electron chi connectivity index (χ0n) is 12.1. The van der Waals surface area contributed by atoms with Crippen LogP contribution >= 0.6 is 11.6 Å². The number of hydrogen-bond donors (Lipinski definition) is 4. The molecule has 0 saturated carbocycles. The number of aromatic hydroxyl groups is 1. The highest BCUT2D eigenvalue weighted by atomic mass is 35.5. The predicted octanol–water partition coefficient (Wildman–Crippen LogP) is 2.17. The summed E-state index contributed by atoms with van der Waals surface area (Å²) < 4.78 is 0. The van der Waals surface area contributed by atoms with E-state index in [1.54, 1.807) is 19.1 Å². The first-order valence-electron chi connectivity index (χ1n) is 6.32. The van der Waals surface area contributed by atoms with E-state index >= 15 is 0 Å². The fourth-order valence-electron chi connectivity index (χ4n) is 1.69. The van der Waals surface area contributed by atoms with Crippen LogP contribution < -0.4 is 11.1 Å². The monoisotopic (exact) mass is 320 g/mol. The zero-order chi connectivity index (χ0) is 16.7. The van der Waals surface area contributed by atoms with Crippen LogP contribution in [0.25, 0.3) is 0 Å². The second-order valence-corrected chi connectivity index (χ2v) is 4.78. The molecule has 0 aromatic carbocycles. The summed E-state index contributed by atoms with van der Waals surface area (Å²) in [6, 6.07) is 1.31. The number of nitrogens with one attached hydrogen (secondary N) is 2. The Morgan fingerprint density at radius 2 is 2.32 bits per heavy atom. The summed E-state index contributed by atoms with van der Waals surface area (Å²) in [4.78, 5) is 15.6. The maximum atomic E-state index is 12.0. The maximum Gasteiger partial charge on any atom is 0.253 e. The Morgan fingerprint density at radius 3 is 2.86 bits per heavy atom. The number of nitrogens with two attached hydrogens (primary N) is 1. The van der Waals surface area contributed by atoms with E-state index in [0.717, 1.165) is 11.8 Å². The van der Waals surface area contributed by atoms with Gasteiger partial charge in [0.25, 0.3) is 5.91 Å². The number of aromatic nitrogens is 1. The van der Waals surface area contributed by atoms with E-state index in [1.165, 1.54) is 12.3 Å². The van der Waals surface area contributed by atoms with Crippen LogP contribution in [-0.4, -0.2) is 28.8 Å². The first-order chi connectivity index (χ1) is 10.4. The molecular formula is C15H17ClN4O2. The van der Waals surface area contributed by atoms with Crippen molar-refractivity contribution in [1.29, 1.82) is 5.41 Å². The van der Waals surface area contributed by atoms with Gasteiger partial charge in [-0.2, -0.15) is 0 Å². The molecule has 0 spiro atoms. The summed E-state index contributed by atoms with van der Waals surface area (Å²) in [5.41, 5.74) is 7.99. The molecule has 0 aliphatic rings. The number of amides is 1. The van der Waals surface area contributed by atoms with Crippen LogP contribution in [0.4, 0.5) is 0 Å². The smallest absolute Gasteiger partial charge is 0.253 e. The largest absolute Gasteiger partial charge is 0.492 e. The summed E-state index contributed by atoms with van der Waals surface area (Å²) in [6.45, 7) is 5.56. The minimum absolute atomic E-state index is 0.00675. The van der Waals surface area contributed by atoms with Crippen molar-refractivity contribution in [2.75, 3.05) is 6.54 Å². The highest BCUT2D eigenvalue weighted by molar-refractivity contribution is 6.32. The number of carbonyl (C=O) groups is 1. The van der Waals surface area contributed by atoms with Gasteiger partial charge in [0.2, 0.25) is 5.88 Å². The number of allylic oxidation sites excluding steroid dienone is 4. The van der Waals surface area contributed by atoms with Crippen molar-refractivity contribution in [3.8, 4) is 5.88 Å². The van der Waals surface area contributed by atoms with Crippen LogP contribution in [0, 0.1) is 5.41 Å². The number of pyridine rings is 1. The molecule has 7 heteroatoms. The molecule has 0 aliphatic heterocycles. The maximum absolute atomic E-state index is 12.0. The first-order valence-corrected chi connectivity index (χ1v) is 6.70. The van der Waals surface area contributed by atoms with Gasteiger partial charge in [0, 0.05) is 18.1 Å². The molecule has 0 radical (unpaired) electrons. The summed E-state index contributed by atoms with van der Waals surface area (Å²) in [5, 5.41) is 18.9. The second-order valence-electron chi connectivity index (χ2n) is 4.37. The third-order valence-corrected chi connectivity index (χ3v) is 3.11. The molecule has 1 rings (SSSR count). The predicted molar refractivity (Wildman–Crippen MR) is 87.2 cm³/mol. The summed E-state index contributed by atoms with van der Waals surface area (Å²) in [5.74, 6) is -0.756. The highest BCUT2D eigenvalue weighted by Crippen LogP contribution is 2.20. The Bertz CT molecular complexity index is 666. The van der Waals surface area contributed by atoms with Crippen molar-refractivity contribution >= 4 is 23.7 Å². The number of nitrogens with zero attached hydrogens (tertiary/aromatic N) is 1. The van der Waals surface area contributed by atoms with E-state index in [-0.39, 0.29) is 23.0 Å². The van der Waals surface area contributed by atoms with Gasteiger partial charge in [0.1, 0.15) is 5.02 Å². The SMILES string of the molecule is C=CC(/C(C)=C\C=N)=C(\N)CNC(=O)c1cnc(O)c(Cl)c1. The highest BCUT2D eigenvalue weighted by Gasteiger charge is 2.10. The number of carbonyl (C=O) groups excluding carboxylic acids is 1. The van der Waals surface area contributed by atoms with Crippen LogP contribution in [0.2, 0.25) is 5.02 Å². The molecule has 0 aliphatic carbocycles. The van der Waals surface area contributed by atoms with E-state index in [2.05, 4.69) is 16.9 Å². The second kappa shape index (κ2) is 7.99. The fraction of sp³-hybridized carbons (Fsp3) is 0.133. The lowest BCUT2D eigenvalue weighted by atomic mass is 10.1. The van der Waals surface area contributed by atoms with Gasteiger partial charge in [0.15, 0.2) is 0 Å². The molecular weight excluding hydrogens is 304 g/mol.